The lowest BCUT2D eigenvalue weighted by molar-refractivity contribution is -0.132. The Bertz CT molecular complexity index is 1670. The van der Waals surface area contributed by atoms with E-state index in [2.05, 4.69) is 10.2 Å². The average molecular weight is 572 g/mol. The fourth-order valence-electron chi connectivity index (χ4n) is 4.78. The Balaban J connectivity index is 1.44. The first-order valence-electron chi connectivity index (χ1n) is 12.8. The summed E-state index contributed by atoms with van der Waals surface area (Å²) in [6.07, 6.45) is 0. The van der Waals surface area contributed by atoms with Gasteiger partial charge in [-0.05, 0) is 48.4 Å². The fourth-order valence-corrected chi connectivity index (χ4v) is 5.50. The lowest BCUT2D eigenvalue weighted by Crippen LogP contribution is -2.29. The monoisotopic (exact) mass is 571 g/mol. The number of anilines is 1. The van der Waals surface area contributed by atoms with Gasteiger partial charge in [-0.1, -0.05) is 47.7 Å². The third-order valence-corrected chi connectivity index (χ3v) is 7.56. The van der Waals surface area contributed by atoms with Crippen LogP contribution in [0.1, 0.15) is 27.7 Å². The summed E-state index contributed by atoms with van der Waals surface area (Å²) in [5.74, 6) is -0.172. The third-order valence-electron chi connectivity index (χ3n) is 6.72. The number of hydrogen-bond donors (Lipinski definition) is 1. The van der Waals surface area contributed by atoms with Crippen molar-refractivity contribution in [2.75, 3.05) is 25.2 Å². The van der Waals surface area contributed by atoms with Crippen molar-refractivity contribution in [3.63, 3.8) is 0 Å². The van der Waals surface area contributed by atoms with Crippen LogP contribution in [0.25, 0.3) is 5.76 Å². The molecule has 4 aromatic rings. The van der Waals surface area contributed by atoms with Gasteiger partial charge in [-0.2, -0.15) is 0 Å². The second-order valence-corrected chi connectivity index (χ2v) is 10.5. The molecular formula is C30H25N3O7S. The Morgan fingerprint density at radius 1 is 1.00 bits per heavy atom. The number of aliphatic hydroxyl groups excluding tert-OH is 1. The molecule has 1 atom stereocenters. The lowest BCUT2D eigenvalue weighted by atomic mass is 9.95. The molecule has 6 rings (SSSR count). The van der Waals surface area contributed by atoms with E-state index in [0.29, 0.717) is 59.0 Å². The molecule has 0 bridgehead atoms. The van der Waals surface area contributed by atoms with E-state index in [1.807, 2.05) is 30.3 Å². The summed E-state index contributed by atoms with van der Waals surface area (Å²) in [5.41, 5.74) is 1.71. The highest BCUT2D eigenvalue weighted by Gasteiger charge is 2.48. The summed E-state index contributed by atoms with van der Waals surface area (Å²) in [5, 5.41) is 20.5. The molecule has 1 amide bonds. The number of aryl methyl sites for hydroxylation is 1. The molecule has 0 radical (unpaired) electrons. The summed E-state index contributed by atoms with van der Waals surface area (Å²) in [6, 6.07) is 18.7. The highest BCUT2D eigenvalue weighted by Crippen LogP contribution is 2.45. The van der Waals surface area contributed by atoms with Crippen LogP contribution in [0.3, 0.4) is 0 Å². The van der Waals surface area contributed by atoms with Gasteiger partial charge in [-0.15, -0.1) is 10.2 Å². The van der Waals surface area contributed by atoms with Crippen molar-refractivity contribution in [1.82, 2.24) is 10.2 Å². The molecule has 41 heavy (non-hydrogen) atoms. The number of carbonyl (C=O) groups excluding carboxylic acids is 2. The molecule has 1 N–H and O–H groups in total. The van der Waals surface area contributed by atoms with Gasteiger partial charge in [0.25, 0.3) is 5.78 Å². The van der Waals surface area contributed by atoms with E-state index < -0.39 is 17.7 Å². The van der Waals surface area contributed by atoms with Gasteiger partial charge in [0.2, 0.25) is 5.13 Å². The highest BCUT2D eigenvalue weighted by molar-refractivity contribution is 7.15. The highest BCUT2D eigenvalue weighted by atomic mass is 32.1. The standard InChI is InChI=1S/C30H25N3O7S/c1-17-31-32-30(41-17)33-26(19-8-10-21(23(14-19)37-2)40-16-18-6-4-3-5-7-18)25(28(35)29(33)36)27(34)20-9-11-22-24(15-20)39-13-12-38-22/h3-11,14-15,26,34H,12-13,16H2,1-2H3/b27-25+/t26-/m0/s1. The van der Waals surface area contributed by atoms with Gasteiger partial charge in [-0.25, -0.2) is 0 Å². The Morgan fingerprint density at radius 3 is 2.51 bits per heavy atom. The van der Waals surface area contributed by atoms with Crippen molar-refractivity contribution < 1.29 is 33.6 Å². The van der Waals surface area contributed by atoms with Crippen molar-refractivity contribution in [2.45, 2.75) is 19.6 Å². The van der Waals surface area contributed by atoms with Gasteiger partial charge in [0.05, 0.1) is 18.7 Å². The average Bonchev–Trinajstić information content (AvgIpc) is 3.55. The van der Waals surface area contributed by atoms with Crippen LogP contribution in [0, 0.1) is 6.92 Å². The summed E-state index contributed by atoms with van der Waals surface area (Å²) < 4.78 is 22.9. The number of rotatable bonds is 7. The maximum Gasteiger partial charge on any atom is 0.301 e. The number of hydrogen-bond acceptors (Lipinski definition) is 10. The van der Waals surface area contributed by atoms with Crippen LogP contribution in [0.15, 0.2) is 72.3 Å². The number of methoxy groups -OCH3 is 1. The molecule has 0 saturated carbocycles. The van der Waals surface area contributed by atoms with E-state index in [1.54, 1.807) is 43.3 Å². The van der Waals surface area contributed by atoms with Crippen LogP contribution >= 0.6 is 11.3 Å². The number of aliphatic hydroxyl groups is 1. The van der Waals surface area contributed by atoms with Gasteiger partial charge in [0.15, 0.2) is 23.0 Å². The molecule has 0 spiro atoms. The fraction of sp³-hybridized carbons (Fsp3) is 0.200. The molecule has 11 heteroatoms. The number of benzene rings is 3. The number of aromatic nitrogens is 2. The maximum atomic E-state index is 13.5. The van der Waals surface area contributed by atoms with E-state index in [0.717, 1.165) is 5.56 Å². The molecule has 0 unspecified atom stereocenters. The van der Waals surface area contributed by atoms with Crippen molar-refractivity contribution in [3.8, 4) is 23.0 Å². The van der Waals surface area contributed by atoms with E-state index in [-0.39, 0.29) is 16.5 Å². The first-order valence-corrected chi connectivity index (χ1v) is 13.6. The van der Waals surface area contributed by atoms with Crippen LogP contribution in [0.5, 0.6) is 23.0 Å². The zero-order valence-electron chi connectivity index (χ0n) is 22.2. The van der Waals surface area contributed by atoms with Crippen molar-refractivity contribution in [2.24, 2.45) is 0 Å². The Kier molecular flexibility index (Phi) is 7.02. The second kappa shape index (κ2) is 10.9. The summed E-state index contributed by atoms with van der Waals surface area (Å²) in [7, 11) is 1.51. The van der Waals surface area contributed by atoms with Gasteiger partial charge in [0, 0.05) is 5.56 Å². The Labute approximate surface area is 239 Å². The van der Waals surface area contributed by atoms with E-state index in [9.17, 15) is 14.7 Å². The van der Waals surface area contributed by atoms with Crippen molar-refractivity contribution in [3.05, 3.63) is 94.0 Å². The molecule has 2 aliphatic rings. The molecule has 208 valence electrons. The second-order valence-electron chi connectivity index (χ2n) is 9.32. The van der Waals surface area contributed by atoms with Crippen LogP contribution in [0.4, 0.5) is 5.13 Å². The topological polar surface area (TPSA) is 120 Å². The summed E-state index contributed by atoms with van der Waals surface area (Å²) in [6.45, 7) is 2.85. The minimum Gasteiger partial charge on any atom is -0.507 e. The molecule has 10 nitrogen and oxygen atoms in total. The third kappa shape index (κ3) is 4.95. The van der Waals surface area contributed by atoms with Gasteiger partial charge < -0.3 is 24.1 Å². The van der Waals surface area contributed by atoms with Crippen molar-refractivity contribution >= 4 is 33.9 Å². The van der Waals surface area contributed by atoms with E-state index in [1.165, 1.54) is 23.3 Å². The zero-order chi connectivity index (χ0) is 28.5. The van der Waals surface area contributed by atoms with Crippen LogP contribution in [-0.2, 0) is 16.2 Å². The quantitative estimate of drug-likeness (QED) is 0.189. The van der Waals surface area contributed by atoms with Gasteiger partial charge >= 0.3 is 5.91 Å². The molecule has 2 aliphatic heterocycles. The first kappa shape index (κ1) is 26.3. The Hall–Kier alpha value is -4.90. The number of carbonyl (C=O) groups is 2. The van der Waals surface area contributed by atoms with E-state index in [4.69, 9.17) is 18.9 Å². The molecule has 0 aliphatic carbocycles. The van der Waals surface area contributed by atoms with Crippen LogP contribution < -0.4 is 23.8 Å². The number of ether oxygens (including phenoxy) is 4. The van der Waals surface area contributed by atoms with Crippen LogP contribution in [0.2, 0.25) is 0 Å². The summed E-state index contributed by atoms with van der Waals surface area (Å²) >= 11 is 1.17. The number of amides is 1. The predicted molar refractivity (Wildman–Crippen MR) is 151 cm³/mol. The van der Waals surface area contributed by atoms with Gasteiger partial charge in [-0.3, -0.25) is 14.5 Å². The van der Waals surface area contributed by atoms with Gasteiger partial charge in [0.1, 0.15) is 30.6 Å². The van der Waals surface area contributed by atoms with Crippen LogP contribution in [-0.4, -0.2) is 47.3 Å². The summed E-state index contributed by atoms with van der Waals surface area (Å²) in [4.78, 5) is 28.2. The first-order chi connectivity index (χ1) is 19.9. The lowest BCUT2D eigenvalue weighted by Gasteiger charge is -2.24. The maximum absolute atomic E-state index is 13.5. The molecule has 3 aromatic carbocycles. The number of Topliss-reactive ketones (excluding diaryl/α,β-unsaturated/α-hetero) is 1. The normalized spacial score (nSPS) is 17.5. The predicted octanol–water partition coefficient (Wildman–Crippen LogP) is 4.83. The SMILES string of the molecule is COc1cc([C@H]2/C(=C(\O)c3ccc4c(c3)OCCO4)C(=O)C(=O)N2c2nnc(C)s2)ccc1OCc1ccccc1. The minimum atomic E-state index is -1.01. The largest absolute Gasteiger partial charge is 0.507 e. The number of nitrogens with zero attached hydrogens (tertiary/aromatic N) is 3. The zero-order valence-corrected chi connectivity index (χ0v) is 23.0. The number of fused-ring (bicyclic) bond motifs is 1. The molecule has 1 fully saturated rings. The molecule has 1 aromatic heterocycles. The Morgan fingerprint density at radius 2 is 1.78 bits per heavy atom. The van der Waals surface area contributed by atoms with E-state index >= 15 is 0 Å². The smallest absolute Gasteiger partial charge is 0.301 e. The molecular weight excluding hydrogens is 546 g/mol. The molecule has 1 saturated heterocycles. The van der Waals surface area contributed by atoms with Crippen molar-refractivity contribution in [1.29, 1.82) is 0 Å². The minimum absolute atomic E-state index is 0.0977. The number of ketones is 1. The molecule has 3 heterocycles.